The predicted octanol–water partition coefficient (Wildman–Crippen LogP) is 3.77. The van der Waals surface area contributed by atoms with Crippen molar-refractivity contribution in [1.82, 2.24) is 0 Å². The molecule has 0 bridgehead atoms. The van der Waals surface area contributed by atoms with E-state index in [9.17, 15) is 0 Å². The topological polar surface area (TPSA) is 0 Å². The fourth-order valence-electron chi connectivity index (χ4n) is 1.32. The van der Waals surface area contributed by atoms with Gasteiger partial charge in [-0.1, -0.05) is 65.1 Å². The molecule has 2 aromatic rings. The zero-order chi connectivity index (χ0) is 8.39. The summed E-state index contributed by atoms with van der Waals surface area (Å²) < 4.78 is 1.09. The quantitative estimate of drug-likeness (QED) is 0.545. The summed E-state index contributed by atoms with van der Waals surface area (Å²) in [5, 5.41) is 2.66. The molecule has 12 heavy (non-hydrogen) atoms. The molecule has 1 heteroatoms. The van der Waals surface area contributed by atoms with Crippen LogP contribution in [0.1, 0.15) is 5.56 Å². The van der Waals surface area contributed by atoms with Gasteiger partial charge in [0.1, 0.15) is 0 Å². The number of benzene rings is 2. The lowest BCUT2D eigenvalue weighted by Gasteiger charge is -1.99. The molecule has 0 aliphatic carbocycles. The van der Waals surface area contributed by atoms with E-state index in [0.29, 0.717) is 0 Å². The number of halogens is 1. The van der Waals surface area contributed by atoms with Crippen molar-refractivity contribution < 1.29 is 0 Å². The van der Waals surface area contributed by atoms with Crippen LogP contribution in [0, 0.1) is 0 Å². The molecule has 0 atom stereocenters. The molecule has 0 radical (unpaired) electrons. The van der Waals surface area contributed by atoms with Crippen molar-refractivity contribution in [3.05, 3.63) is 48.0 Å². The summed E-state index contributed by atoms with van der Waals surface area (Å²) in [6.45, 7) is 0. The maximum Gasteiger partial charge on any atom is 0.0247 e. The van der Waals surface area contributed by atoms with E-state index in [4.69, 9.17) is 0 Å². The van der Waals surface area contributed by atoms with Crippen molar-refractivity contribution in [2.24, 2.45) is 0 Å². The predicted molar refractivity (Wildman–Crippen MR) is 61.7 cm³/mol. The molecule has 0 nitrogen and oxygen atoms in total. The third-order valence-electron chi connectivity index (χ3n) is 1.97. The van der Waals surface area contributed by atoms with Gasteiger partial charge in [0.2, 0.25) is 0 Å². The van der Waals surface area contributed by atoms with Crippen molar-refractivity contribution in [2.45, 2.75) is 4.43 Å². The van der Waals surface area contributed by atoms with E-state index >= 15 is 0 Å². The zero-order valence-corrected chi connectivity index (χ0v) is 8.78. The Hall–Kier alpha value is -0.570. The summed E-state index contributed by atoms with van der Waals surface area (Å²) in [6, 6.07) is 15.1. The van der Waals surface area contributed by atoms with E-state index < -0.39 is 0 Å². The minimum Gasteiger partial charge on any atom is -0.0812 e. The van der Waals surface area contributed by atoms with Crippen molar-refractivity contribution in [3.63, 3.8) is 0 Å². The summed E-state index contributed by atoms with van der Waals surface area (Å²) in [6.07, 6.45) is 0. The van der Waals surface area contributed by atoms with Gasteiger partial charge in [0.25, 0.3) is 0 Å². The molecule has 0 saturated heterocycles. The lowest BCUT2D eigenvalue weighted by Crippen LogP contribution is -1.77. The highest BCUT2D eigenvalue weighted by molar-refractivity contribution is 14.1. The van der Waals surface area contributed by atoms with Crippen molar-refractivity contribution in [2.75, 3.05) is 0 Å². The lowest BCUT2D eigenvalue weighted by atomic mass is 10.1. The summed E-state index contributed by atoms with van der Waals surface area (Å²) in [5.74, 6) is 0. The Morgan fingerprint density at radius 2 is 1.67 bits per heavy atom. The van der Waals surface area contributed by atoms with Gasteiger partial charge in [0, 0.05) is 4.43 Å². The van der Waals surface area contributed by atoms with Crippen LogP contribution in [0.15, 0.2) is 42.5 Å². The number of rotatable bonds is 1. The molecule has 0 amide bonds. The molecule has 0 heterocycles. The highest BCUT2D eigenvalue weighted by Crippen LogP contribution is 2.16. The maximum absolute atomic E-state index is 2.39. The van der Waals surface area contributed by atoms with Gasteiger partial charge in [-0.15, -0.1) is 0 Å². The zero-order valence-electron chi connectivity index (χ0n) is 6.63. The molecule has 0 N–H and O–H groups in total. The minimum atomic E-state index is 1.09. The Balaban J connectivity index is 2.67. The molecule has 0 aliphatic heterocycles. The number of alkyl halides is 1. The Morgan fingerprint density at radius 3 is 2.42 bits per heavy atom. The summed E-state index contributed by atoms with van der Waals surface area (Å²) in [5.41, 5.74) is 1.40. The van der Waals surface area contributed by atoms with Crippen LogP contribution < -0.4 is 0 Å². The molecule has 0 spiro atoms. The van der Waals surface area contributed by atoms with E-state index in [1.165, 1.54) is 16.3 Å². The second-order valence-electron chi connectivity index (χ2n) is 2.82. The second kappa shape index (κ2) is 3.44. The molecule has 2 aromatic carbocycles. The first-order valence-electron chi connectivity index (χ1n) is 3.94. The van der Waals surface area contributed by atoms with E-state index in [0.717, 1.165) is 4.43 Å². The van der Waals surface area contributed by atoms with Crippen LogP contribution in [0.2, 0.25) is 0 Å². The van der Waals surface area contributed by atoms with E-state index in [1.807, 2.05) is 0 Å². The van der Waals surface area contributed by atoms with Crippen LogP contribution in [0.5, 0.6) is 0 Å². The molecule has 0 saturated carbocycles. The van der Waals surface area contributed by atoms with Gasteiger partial charge >= 0.3 is 0 Å². The first-order valence-corrected chi connectivity index (χ1v) is 5.46. The normalized spacial score (nSPS) is 10.4. The van der Waals surface area contributed by atoms with Crippen molar-refractivity contribution in [1.29, 1.82) is 0 Å². The molecule has 2 rings (SSSR count). The fraction of sp³-hybridized carbons (Fsp3) is 0.0909. The molecule has 0 aliphatic rings. The number of hydrogen-bond acceptors (Lipinski definition) is 0. The summed E-state index contributed by atoms with van der Waals surface area (Å²) in [7, 11) is 0. The maximum atomic E-state index is 2.39. The van der Waals surface area contributed by atoms with Gasteiger partial charge in [0.05, 0.1) is 0 Å². The van der Waals surface area contributed by atoms with E-state index in [-0.39, 0.29) is 0 Å². The molecule has 60 valence electrons. The third kappa shape index (κ3) is 1.46. The number of hydrogen-bond donors (Lipinski definition) is 0. The number of fused-ring (bicyclic) bond motifs is 1. The molecular formula is C11H9I. The van der Waals surface area contributed by atoms with Gasteiger partial charge in [-0.2, -0.15) is 0 Å². The smallest absolute Gasteiger partial charge is 0.0247 e. The minimum absolute atomic E-state index is 1.09. The molecular weight excluding hydrogens is 259 g/mol. The Kier molecular flexibility index (Phi) is 2.30. The molecule has 0 unspecified atom stereocenters. The van der Waals surface area contributed by atoms with Crippen LogP contribution in [0.25, 0.3) is 10.8 Å². The Morgan fingerprint density at radius 1 is 0.917 bits per heavy atom. The highest BCUT2D eigenvalue weighted by Gasteiger charge is 1.92. The highest BCUT2D eigenvalue weighted by atomic mass is 127. The van der Waals surface area contributed by atoms with Gasteiger partial charge in [-0.05, 0) is 16.3 Å². The van der Waals surface area contributed by atoms with Crippen molar-refractivity contribution >= 4 is 33.4 Å². The van der Waals surface area contributed by atoms with Gasteiger partial charge in [-0.3, -0.25) is 0 Å². The van der Waals surface area contributed by atoms with Crippen molar-refractivity contribution in [3.8, 4) is 0 Å². The van der Waals surface area contributed by atoms with Crippen LogP contribution in [-0.4, -0.2) is 0 Å². The Bertz CT molecular complexity index is 393. The average Bonchev–Trinajstić information content (AvgIpc) is 2.17. The summed E-state index contributed by atoms with van der Waals surface area (Å²) in [4.78, 5) is 0. The SMILES string of the molecule is ICc1ccc2ccccc2c1. The molecule has 0 fully saturated rings. The average molecular weight is 268 g/mol. The van der Waals surface area contributed by atoms with Crippen LogP contribution in [0.3, 0.4) is 0 Å². The van der Waals surface area contributed by atoms with E-state index in [1.54, 1.807) is 0 Å². The van der Waals surface area contributed by atoms with E-state index in [2.05, 4.69) is 65.1 Å². The summed E-state index contributed by atoms with van der Waals surface area (Å²) >= 11 is 2.39. The Labute approximate surface area is 85.7 Å². The monoisotopic (exact) mass is 268 g/mol. The van der Waals surface area contributed by atoms with Gasteiger partial charge in [-0.25, -0.2) is 0 Å². The lowest BCUT2D eigenvalue weighted by molar-refractivity contribution is 1.49. The second-order valence-corrected chi connectivity index (χ2v) is 3.58. The third-order valence-corrected chi connectivity index (χ3v) is 2.85. The largest absolute Gasteiger partial charge is 0.0812 e. The van der Waals surface area contributed by atoms with Crippen LogP contribution >= 0.6 is 22.6 Å². The van der Waals surface area contributed by atoms with Gasteiger partial charge < -0.3 is 0 Å². The standard InChI is InChI=1S/C11H9I/c12-8-9-5-6-10-3-1-2-4-11(10)7-9/h1-7H,8H2. The first-order chi connectivity index (χ1) is 5.90. The first kappa shape index (κ1) is 8.05. The van der Waals surface area contributed by atoms with Crippen LogP contribution in [0.4, 0.5) is 0 Å². The van der Waals surface area contributed by atoms with Gasteiger partial charge in [0.15, 0.2) is 0 Å². The fourth-order valence-corrected chi connectivity index (χ4v) is 1.80. The molecule has 0 aromatic heterocycles. The van der Waals surface area contributed by atoms with Crippen LogP contribution in [-0.2, 0) is 4.43 Å².